The van der Waals surface area contributed by atoms with Crippen LogP contribution < -0.4 is 11.1 Å². The second kappa shape index (κ2) is 8.50. The van der Waals surface area contributed by atoms with Gasteiger partial charge in [-0.15, -0.1) is 0 Å². The van der Waals surface area contributed by atoms with E-state index in [9.17, 15) is 0 Å². The van der Waals surface area contributed by atoms with Crippen LogP contribution in [0.5, 0.6) is 0 Å². The Morgan fingerprint density at radius 1 is 1.10 bits per heavy atom. The van der Waals surface area contributed by atoms with E-state index in [-0.39, 0.29) is 0 Å². The minimum Gasteiger partial charge on any atom is -0.384 e. The number of hydrogen-bond acceptors (Lipinski definition) is 5. The summed E-state index contributed by atoms with van der Waals surface area (Å²) >= 11 is 6.68. The number of nitrogens with one attached hydrogen (secondary N) is 1. The summed E-state index contributed by atoms with van der Waals surface area (Å²) in [6, 6.07) is 10.1. The summed E-state index contributed by atoms with van der Waals surface area (Å²) < 4.78 is 1.98. The molecule has 2 heterocycles. The number of rotatable bonds is 7. The zero-order valence-corrected chi connectivity index (χ0v) is 18.4. The summed E-state index contributed by atoms with van der Waals surface area (Å²) in [6.07, 6.45) is 5.72. The third-order valence-electron chi connectivity index (χ3n) is 5.37. The van der Waals surface area contributed by atoms with Gasteiger partial charge in [0.25, 0.3) is 0 Å². The van der Waals surface area contributed by atoms with Crippen LogP contribution >= 0.6 is 11.6 Å². The highest BCUT2D eigenvalue weighted by atomic mass is 35.5. The van der Waals surface area contributed by atoms with Crippen LogP contribution in [0.25, 0.3) is 27.7 Å². The lowest BCUT2D eigenvalue weighted by atomic mass is 9.96. The number of hydrogen-bond donors (Lipinski definition) is 2. The Labute approximate surface area is 181 Å². The molecule has 0 aliphatic heterocycles. The maximum Gasteiger partial charge on any atom is 0.150 e. The minimum absolute atomic E-state index is 0.453. The Morgan fingerprint density at radius 3 is 2.70 bits per heavy atom. The van der Waals surface area contributed by atoms with Gasteiger partial charge in [0.15, 0.2) is 0 Å². The average molecular weight is 423 g/mol. The first-order valence-corrected chi connectivity index (χ1v) is 10.5. The topological polar surface area (TPSA) is 71.5 Å². The lowest BCUT2D eigenvalue weighted by Crippen LogP contribution is -2.14. The van der Waals surface area contributed by atoms with Crippen LogP contribution in [0.1, 0.15) is 18.4 Å². The first-order valence-electron chi connectivity index (χ1n) is 10.2. The van der Waals surface area contributed by atoms with Crippen molar-refractivity contribution in [3.8, 4) is 11.1 Å². The quantitative estimate of drug-likeness (QED) is 0.416. The number of aryl methyl sites for hydroxylation is 1. The first kappa shape index (κ1) is 20.4. The molecule has 2 aromatic carbocycles. The van der Waals surface area contributed by atoms with Crippen molar-refractivity contribution in [1.29, 1.82) is 0 Å². The fraction of sp³-hybridized carbons (Fsp3) is 0.304. The van der Waals surface area contributed by atoms with E-state index >= 15 is 0 Å². The molecule has 30 heavy (non-hydrogen) atoms. The zero-order chi connectivity index (χ0) is 21.3. The molecule has 0 radical (unpaired) electrons. The molecule has 0 fully saturated rings. The maximum atomic E-state index is 6.68. The van der Waals surface area contributed by atoms with Gasteiger partial charge in [0.2, 0.25) is 0 Å². The van der Waals surface area contributed by atoms with Crippen LogP contribution in [0.3, 0.4) is 0 Å². The highest BCUT2D eigenvalue weighted by molar-refractivity contribution is 6.34. The Kier molecular flexibility index (Phi) is 5.79. The fourth-order valence-corrected chi connectivity index (χ4v) is 4.18. The van der Waals surface area contributed by atoms with Crippen LogP contribution in [0.4, 0.5) is 11.5 Å². The number of nitrogen functional groups attached to an aromatic ring is 1. The molecule has 0 amide bonds. The molecule has 7 heteroatoms. The molecule has 0 aliphatic rings. The van der Waals surface area contributed by atoms with Gasteiger partial charge < -0.3 is 16.0 Å². The van der Waals surface area contributed by atoms with E-state index in [1.807, 2.05) is 16.5 Å². The summed E-state index contributed by atoms with van der Waals surface area (Å²) in [5, 5.41) is 4.31. The number of aromatic nitrogens is 3. The molecule has 0 saturated heterocycles. The Balaban J connectivity index is 1.86. The largest absolute Gasteiger partial charge is 0.384 e. The van der Waals surface area contributed by atoms with Crippen LogP contribution in [-0.4, -0.2) is 46.5 Å². The summed E-state index contributed by atoms with van der Waals surface area (Å²) in [4.78, 5) is 11.2. The van der Waals surface area contributed by atoms with Crippen LogP contribution in [-0.2, 0) is 0 Å². The van der Waals surface area contributed by atoms with Gasteiger partial charge in [0.1, 0.15) is 11.3 Å². The van der Waals surface area contributed by atoms with Gasteiger partial charge >= 0.3 is 0 Å². The normalized spacial score (nSPS) is 11.6. The van der Waals surface area contributed by atoms with Gasteiger partial charge in [-0.2, -0.15) is 0 Å². The second-order valence-electron chi connectivity index (χ2n) is 7.87. The highest BCUT2D eigenvalue weighted by Gasteiger charge is 2.18. The molecule has 4 aromatic rings. The lowest BCUT2D eigenvalue weighted by Gasteiger charge is -2.18. The molecule has 3 N–H and O–H groups in total. The molecule has 2 aromatic heterocycles. The van der Waals surface area contributed by atoms with E-state index in [0.717, 1.165) is 64.9 Å². The Morgan fingerprint density at radius 2 is 1.93 bits per heavy atom. The minimum atomic E-state index is 0.453. The molecular formula is C23H27ClN6. The van der Waals surface area contributed by atoms with Gasteiger partial charge in [-0.3, -0.25) is 4.40 Å². The highest BCUT2D eigenvalue weighted by Crippen LogP contribution is 2.41. The zero-order valence-electron chi connectivity index (χ0n) is 17.6. The predicted molar refractivity (Wildman–Crippen MR) is 126 cm³/mol. The molecule has 0 atom stereocenters. The number of unbranched alkanes of at least 4 members (excludes halogenated alkanes) is 1. The van der Waals surface area contributed by atoms with Crippen molar-refractivity contribution >= 4 is 39.7 Å². The van der Waals surface area contributed by atoms with Crippen molar-refractivity contribution in [1.82, 2.24) is 19.3 Å². The Hall–Kier alpha value is -2.83. The van der Waals surface area contributed by atoms with E-state index in [2.05, 4.69) is 54.4 Å². The van der Waals surface area contributed by atoms with Crippen molar-refractivity contribution in [2.24, 2.45) is 0 Å². The van der Waals surface area contributed by atoms with E-state index in [4.69, 9.17) is 22.3 Å². The average Bonchev–Trinajstić information content (AvgIpc) is 3.19. The van der Waals surface area contributed by atoms with Crippen molar-refractivity contribution in [2.75, 3.05) is 38.2 Å². The molecule has 0 aliphatic carbocycles. The smallest absolute Gasteiger partial charge is 0.150 e. The van der Waals surface area contributed by atoms with Gasteiger partial charge in [-0.1, -0.05) is 23.7 Å². The lowest BCUT2D eigenvalue weighted by molar-refractivity contribution is 0.396. The standard InChI is InChI=1S/C23H27ClN6/c1-15-7-6-8-16(24)20(15)21-17(27-11-4-5-12-29(2)3)9-10-18-22(21)28-23(25)19-13-26-14-30(18)19/h6-10,13-14,27H,4-5,11-12H2,1-3H3,(H2,25,28). The molecule has 0 bridgehead atoms. The fourth-order valence-electron chi connectivity index (χ4n) is 3.87. The Bertz CT molecular complexity index is 1180. The number of imidazole rings is 1. The predicted octanol–water partition coefficient (Wildman–Crippen LogP) is 4.85. The summed E-state index contributed by atoms with van der Waals surface area (Å²) in [7, 11) is 4.20. The number of anilines is 2. The molecular weight excluding hydrogens is 396 g/mol. The molecule has 6 nitrogen and oxygen atoms in total. The van der Waals surface area contributed by atoms with Crippen molar-refractivity contribution < 1.29 is 0 Å². The summed E-state index contributed by atoms with van der Waals surface area (Å²) in [5.74, 6) is 0.453. The summed E-state index contributed by atoms with van der Waals surface area (Å²) in [5.41, 5.74) is 12.9. The van der Waals surface area contributed by atoms with Crippen LogP contribution in [0, 0.1) is 6.92 Å². The van der Waals surface area contributed by atoms with Crippen LogP contribution in [0.15, 0.2) is 42.9 Å². The van der Waals surface area contributed by atoms with E-state index < -0.39 is 0 Å². The van der Waals surface area contributed by atoms with Gasteiger partial charge in [-0.05, 0) is 64.2 Å². The number of fused-ring (bicyclic) bond motifs is 3. The van der Waals surface area contributed by atoms with Gasteiger partial charge in [0, 0.05) is 28.4 Å². The van der Waals surface area contributed by atoms with Crippen molar-refractivity contribution in [3.05, 3.63) is 53.4 Å². The molecule has 0 spiro atoms. The van der Waals surface area contributed by atoms with E-state index in [0.29, 0.717) is 10.8 Å². The number of nitrogens with zero attached hydrogens (tertiary/aromatic N) is 4. The van der Waals surface area contributed by atoms with E-state index in [1.165, 1.54) is 0 Å². The molecule has 0 unspecified atom stereocenters. The number of halogens is 1. The monoisotopic (exact) mass is 422 g/mol. The van der Waals surface area contributed by atoms with Crippen molar-refractivity contribution in [2.45, 2.75) is 19.8 Å². The first-order chi connectivity index (χ1) is 14.5. The number of nitrogens with two attached hydrogens (primary N) is 1. The molecule has 0 saturated carbocycles. The van der Waals surface area contributed by atoms with Crippen molar-refractivity contribution in [3.63, 3.8) is 0 Å². The number of benzene rings is 2. The molecule has 156 valence electrons. The van der Waals surface area contributed by atoms with E-state index in [1.54, 1.807) is 12.5 Å². The van der Waals surface area contributed by atoms with Gasteiger partial charge in [0.05, 0.1) is 23.6 Å². The molecule has 4 rings (SSSR count). The third-order valence-corrected chi connectivity index (χ3v) is 5.68. The SMILES string of the molecule is Cc1cccc(Cl)c1-c1c(NCCCCN(C)C)ccc2c1nc(N)c1cncn12. The maximum absolute atomic E-state index is 6.68. The second-order valence-corrected chi connectivity index (χ2v) is 8.28. The van der Waals surface area contributed by atoms with Gasteiger partial charge in [-0.25, -0.2) is 9.97 Å². The third kappa shape index (κ3) is 3.80. The van der Waals surface area contributed by atoms with Crippen LogP contribution in [0.2, 0.25) is 5.02 Å². The summed E-state index contributed by atoms with van der Waals surface area (Å²) in [6.45, 7) is 4.02.